The third-order valence-electron chi connectivity index (χ3n) is 5.36. The molecular formula is C18H27N. The standard InChI is InChI=1S/C18H27N/c1-18(2)10-9-17(19)16(12-18)15-8-4-7-14(11-15)13-5-3-6-13/h4,7-8,11,13,16-17H,3,5-6,9-10,12,19H2,1-2H3. The fourth-order valence-electron chi connectivity index (χ4n) is 3.76. The first kappa shape index (κ1) is 13.2. The molecule has 0 spiro atoms. The summed E-state index contributed by atoms with van der Waals surface area (Å²) in [5.74, 6) is 1.39. The largest absolute Gasteiger partial charge is 0.327 e. The smallest absolute Gasteiger partial charge is 0.0108 e. The third kappa shape index (κ3) is 2.72. The number of hydrogen-bond donors (Lipinski definition) is 1. The normalized spacial score (nSPS) is 30.9. The quantitative estimate of drug-likeness (QED) is 0.825. The molecule has 104 valence electrons. The van der Waals surface area contributed by atoms with Crippen molar-refractivity contribution >= 4 is 0 Å². The molecule has 0 amide bonds. The highest BCUT2D eigenvalue weighted by molar-refractivity contribution is 5.31. The maximum Gasteiger partial charge on any atom is 0.0108 e. The van der Waals surface area contributed by atoms with Gasteiger partial charge in [-0.15, -0.1) is 0 Å². The first-order valence-corrected chi connectivity index (χ1v) is 7.91. The Labute approximate surface area is 117 Å². The van der Waals surface area contributed by atoms with Crippen LogP contribution in [-0.2, 0) is 0 Å². The van der Waals surface area contributed by atoms with Crippen LogP contribution >= 0.6 is 0 Å². The molecule has 0 aliphatic heterocycles. The topological polar surface area (TPSA) is 26.0 Å². The molecular weight excluding hydrogens is 230 g/mol. The van der Waals surface area contributed by atoms with Crippen LogP contribution in [0.15, 0.2) is 24.3 Å². The lowest BCUT2D eigenvalue weighted by molar-refractivity contribution is 0.198. The van der Waals surface area contributed by atoms with Gasteiger partial charge in [0.05, 0.1) is 0 Å². The van der Waals surface area contributed by atoms with Crippen molar-refractivity contribution in [3.63, 3.8) is 0 Å². The lowest BCUT2D eigenvalue weighted by atomic mass is 9.67. The van der Waals surface area contributed by atoms with E-state index in [2.05, 4.69) is 38.1 Å². The summed E-state index contributed by atoms with van der Waals surface area (Å²) in [6.07, 6.45) is 7.85. The highest BCUT2D eigenvalue weighted by Crippen LogP contribution is 2.44. The van der Waals surface area contributed by atoms with Gasteiger partial charge in [-0.05, 0) is 60.5 Å². The molecule has 2 N–H and O–H groups in total. The van der Waals surface area contributed by atoms with E-state index in [9.17, 15) is 0 Å². The number of rotatable bonds is 2. The van der Waals surface area contributed by atoms with Crippen molar-refractivity contribution in [2.75, 3.05) is 0 Å². The molecule has 2 fully saturated rings. The Bertz CT molecular complexity index is 445. The van der Waals surface area contributed by atoms with Gasteiger partial charge < -0.3 is 5.73 Å². The zero-order valence-corrected chi connectivity index (χ0v) is 12.4. The zero-order valence-electron chi connectivity index (χ0n) is 12.4. The number of hydrogen-bond acceptors (Lipinski definition) is 1. The molecule has 2 saturated carbocycles. The van der Waals surface area contributed by atoms with Gasteiger partial charge in [0.25, 0.3) is 0 Å². The molecule has 1 aromatic rings. The lowest BCUT2D eigenvalue weighted by Gasteiger charge is -2.40. The Morgan fingerprint density at radius 2 is 1.84 bits per heavy atom. The van der Waals surface area contributed by atoms with Gasteiger partial charge in [0.1, 0.15) is 0 Å². The molecule has 1 heteroatoms. The Morgan fingerprint density at radius 1 is 1.11 bits per heavy atom. The number of nitrogens with two attached hydrogens (primary N) is 1. The van der Waals surface area contributed by atoms with Crippen LogP contribution in [0.4, 0.5) is 0 Å². The third-order valence-corrected chi connectivity index (χ3v) is 5.36. The van der Waals surface area contributed by atoms with Crippen LogP contribution in [0.5, 0.6) is 0 Å². The highest BCUT2D eigenvalue weighted by atomic mass is 14.7. The van der Waals surface area contributed by atoms with Gasteiger partial charge in [0, 0.05) is 6.04 Å². The van der Waals surface area contributed by atoms with Gasteiger partial charge in [0.2, 0.25) is 0 Å². The van der Waals surface area contributed by atoms with Crippen molar-refractivity contribution in [3.8, 4) is 0 Å². The van der Waals surface area contributed by atoms with Gasteiger partial charge in [-0.2, -0.15) is 0 Å². The molecule has 1 nitrogen and oxygen atoms in total. The molecule has 2 aliphatic carbocycles. The van der Waals surface area contributed by atoms with Gasteiger partial charge in [-0.3, -0.25) is 0 Å². The van der Waals surface area contributed by atoms with E-state index in [1.807, 2.05) is 0 Å². The molecule has 1 aromatic carbocycles. The fourth-order valence-corrected chi connectivity index (χ4v) is 3.76. The van der Waals surface area contributed by atoms with Gasteiger partial charge in [-0.1, -0.05) is 44.5 Å². The van der Waals surface area contributed by atoms with Crippen LogP contribution in [0.3, 0.4) is 0 Å². The zero-order chi connectivity index (χ0) is 13.5. The van der Waals surface area contributed by atoms with Crippen molar-refractivity contribution in [3.05, 3.63) is 35.4 Å². The Kier molecular flexibility index (Phi) is 3.42. The summed E-state index contributed by atoms with van der Waals surface area (Å²) in [4.78, 5) is 0. The van der Waals surface area contributed by atoms with Crippen LogP contribution in [0.2, 0.25) is 0 Å². The summed E-state index contributed by atoms with van der Waals surface area (Å²) in [5.41, 5.74) is 9.90. The fraction of sp³-hybridized carbons (Fsp3) is 0.667. The summed E-state index contributed by atoms with van der Waals surface area (Å²) in [6.45, 7) is 4.78. The van der Waals surface area contributed by atoms with Crippen LogP contribution < -0.4 is 5.73 Å². The summed E-state index contributed by atoms with van der Waals surface area (Å²) in [6, 6.07) is 9.67. The summed E-state index contributed by atoms with van der Waals surface area (Å²) < 4.78 is 0. The minimum atomic E-state index is 0.352. The second-order valence-electron chi connectivity index (χ2n) is 7.48. The van der Waals surface area contributed by atoms with Crippen LogP contribution in [0.1, 0.15) is 75.3 Å². The average Bonchev–Trinajstić information content (AvgIpc) is 2.31. The van der Waals surface area contributed by atoms with E-state index in [1.165, 1.54) is 44.1 Å². The van der Waals surface area contributed by atoms with Gasteiger partial charge in [-0.25, -0.2) is 0 Å². The van der Waals surface area contributed by atoms with Crippen molar-refractivity contribution in [2.45, 2.75) is 70.3 Å². The number of benzene rings is 1. The Balaban J connectivity index is 1.83. The maximum absolute atomic E-state index is 6.40. The molecule has 0 bridgehead atoms. The molecule has 2 atom stereocenters. The Hall–Kier alpha value is -0.820. The van der Waals surface area contributed by atoms with E-state index in [0.717, 1.165) is 5.92 Å². The summed E-state index contributed by atoms with van der Waals surface area (Å²) in [7, 11) is 0. The molecule has 2 aliphatic rings. The van der Waals surface area contributed by atoms with Crippen molar-refractivity contribution in [2.24, 2.45) is 11.1 Å². The average molecular weight is 257 g/mol. The molecule has 19 heavy (non-hydrogen) atoms. The van der Waals surface area contributed by atoms with E-state index in [1.54, 1.807) is 5.56 Å². The molecule has 0 radical (unpaired) electrons. The Morgan fingerprint density at radius 3 is 2.53 bits per heavy atom. The molecule has 0 aromatic heterocycles. The van der Waals surface area contributed by atoms with Gasteiger partial charge in [0.15, 0.2) is 0 Å². The second kappa shape index (κ2) is 4.94. The highest BCUT2D eigenvalue weighted by Gasteiger charge is 2.34. The minimum absolute atomic E-state index is 0.352. The van der Waals surface area contributed by atoms with E-state index < -0.39 is 0 Å². The monoisotopic (exact) mass is 257 g/mol. The first-order chi connectivity index (χ1) is 9.05. The summed E-state index contributed by atoms with van der Waals surface area (Å²) >= 11 is 0. The molecule has 0 heterocycles. The predicted molar refractivity (Wildman–Crippen MR) is 81.4 cm³/mol. The summed E-state index contributed by atoms with van der Waals surface area (Å²) in [5, 5.41) is 0. The van der Waals surface area contributed by atoms with E-state index >= 15 is 0 Å². The van der Waals surface area contributed by atoms with Crippen LogP contribution in [0.25, 0.3) is 0 Å². The SMILES string of the molecule is CC1(C)CCC(N)C(c2cccc(C3CCC3)c2)C1. The molecule has 0 saturated heterocycles. The molecule has 3 rings (SSSR count). The van der Waals surface area contributed by atoms with E-state index in [0.29, 0.717) is 17.4 Å². The van der Waals surface area contributed by atoms with Crippen molar-refractivity contribution < 1.29 is 0 Å². The van der Waals surface area contributed by atoms with Crippen molar-refractivity contribution in [1.29, 1.82) is 0 Å². The van der Waals surface area contributed by atoms with Crippen molar-refractivity contribution in [1.82, 2.24) is 0 Å². The first-order valence-electron chi connectivity index (χ1n) is 7.91. The predicted octanol–water partition coefficient (Wildman–Crippen LogP) is 4.58. The van der Waals surface area contributed by atoms with Crippen LogP contribution in [-0.4, -0.2) is 6.04 Å². The molecule has 2 unspecified atom stereocenters. The second-order valence-corrected chi connectivity index (χ2v) is 7.48. The van der Waals surface area contributed by atoms with E-state index in [4.69, 9.17) is 5.73 Å². The van der Waals surface area contributed by atoms with Crippen LogP contribution in [0, 0.1) is 5.41 Å². The maximum atomic E-state index is 6.40. The van der Waals surface area contributed by atoms with Gasteiger partial charge >= 0.3 is 0 Å². The minimum Gasteiger partial charge on any atom is -0.327 e. The van der Waals surface area contributed by atoms with E-state index in [-0.39, 0.29) is 0 Å². The lowest BCUT2D eigenvalue weighted by Crippen LogP contribution is -2.37.